The predicted molar refractivity (Wildman–Crippen MR) is 88.4 cm³/mol. The van der Waals surface area contributed by atoms with Gasteiger partial charge in [0, 0.05) is 5.92 Å². The molecule has 1 heterocycles. The van der Waals surface area contributed by atoms with Crippen molar-refractivity contribution in [2.75, 3.05) is 13.2 Å². The number of hydrogen-bond acceptors (Lipinski definition) is 3. The molecule has 3 nitrogen and oxygen atoms in total. The van der Waals surface area contributed by atoms with E-state index in [0.29, 0.717) is 13.2 Å². The van der Waals surface area contributed by atoms with Crippen molar-refractivity contribution in [2.24, 2.45) is 4.99 Å². The van der Waals surface area contributed by atoms with Gasteiger partial charge in [0.1, 0.15) is 0 Å². The van der Waals surface area contributed by atoms with E-state index in [1.807, 2.05) is 19.1 Å². The maximum Gasteiger partial charge on any atom is 0.185 e. The minimum Gasteiger partial charge on any atom is -0.346 e. The van der Waals surface area contributed by atoms with Crippen LogP contribution in [0.15, 0.2) is 65.7 Å². The molecule has 0 bridgehead atoms. The molecular weight excluding hydrogens is 274 g/mol. The van der Waals surface area contributed by atoms with E-state index in [1.165, 1.54) is 11.1 Å². The highest BCUT2D eigenvalue weighted by molar-refractivity contribution is 5.34. The minimum atomic E-state index is -0.672. The third kappa shape index (κ3) is 3.11. The summed E-state index contributed by atoms with van der Waals surface area (Å²) in [6.07, 6.45) is -0.0310. The SMILES string of the molecule is C=NCC1(C)OCC(C(c2ccccc2)c2ccccc2)O1. The first-order chi connectivity index (χ1) is 10.7. The van der Waals surface area contributed by atoms with Crippen molar-refractivity contribution < 1.29 is 9.47 Å². The lowest BCUT2D eigenvalue weighted by Gasteiger charge is -2.26. The van der Waals surface area contributed by atoms with Crippen molar-refractivity contribution in [1.29, 1.82) is 0 Å². The van der Waals surface area contributed by atoms with Crippen LogP contribution in [0.5, 0.6) is 0 Å². The van der Waals surface area contributed by atoms with Gasteiger partial charge in [-0.15, -0.1) is 0 Å². The van der Waals surface area contributed by atoms with Crippen LogP contribution in [0.25, 0.3) is 0 Å². The normalized spacial score (nSPS) is 24.5. The number of hydrogen-bond donors (Lipinski definition) is 0. The smallest absolute Gasteiger partial charge is 0.185 e. The first-order valence-corrected chi connectivity index (χ1v) is 7.56. The summed E-state index contributed by atoms with van der Waals surface area (Å²) in [5.41, 5.74) is 2.47. The molecule has 2 unspecified atom stereocenters. The Morgan fingerprint density at radius 2 is 1.64 bits per heavy atom. The highest BCUT2D eigenvalue weighted by Crippen LogP contribution is 2.36. The van der Waals surface area contributed by atoms with Crippen LogP contribution >= 0.6 is 0 Å². The van der Waals surface area contributed by atoms with E-state index in [2.05, 4.69) is 60.2 Å². The Kier molecular flexibility index (Phi) is 4.36. The topological polar surface area (TPSA) is 30.8 Å². The second kappa shape index (κ2) is 6.42. The highest BCUT2D eigenvalue weighted by Gasteiger charge is 2.41. The summed E-state index contributed by atoms with van der Waals surface area (Å²) in [6.45, 7) is 6.47. The van der Waals surface area contributed by atoms with Crippen LogP contribution in [0.3, 0.4) is 0 Å². The van der Waals surface area contributed by atoms with Gasteiger partial charge >= 0.3 is 0 Å². The first kappa shape index (κ1) is 14.9. The fraction of sp³-hybridized carbons (Fsp3) is 0.316. The standard InChI is InChI=1S/C19H21NO2/c1-19(14-20-2)21-13-17(22-19)18(15-9-5-3-6-10-15)16-11-7-4-8-12-16/h3-12,17-18H,2,13-14H2,1H3. The number of benzene rings is 2. The second-order valence-corrected chi connectivity index (χ2v) is 5.78. The molecule has 0 aromatic heterocycles. The van der Waals surface area contributed by atoms with Gasteiger partial charge in [0.05, 0.1) is 19.3 Å². The zero-order chi connectivity index (χ0) is 15.4. The van der Waals surface area contributed by atoms with Crippen LogP contribution in [0.4, 0.5) is 0 Å². The minimum absolute atomic E-state index is 0.0310. The van der Waals surface area contributed by atoms with Gasteiger partial charge in [0.25, 0.3) is 0 Å². The zero-order valence-corrected chi connectivity index (χ0v) is 12.8. The fourth-order valence-corrected chi connectivity index (χ4v) is 3.04. The molecule has 1 aliphatic heterocycles. The van der Waals surface area contributed by atoms with E-state index in [1.54, 1.807) is 0 Å². The Balaban J connectivity index is 1.92. The third-order valence-corrected chi connectivity index (χ3v) is 4.04. The summed E-state index contributed by atoms with van der Waals surface area (Å²) < 4.78 is 12.1. The Morgan fingerprint density at radius 1 is 1.09 bits per heavy atom. The maximum atomic E-state index is 6.20. The molecule has 1 fully saturated rings. The van der Waals surface area contributed by atoms with Crippen LogP contribution < -0.4 is 0 Å². The van der Waals surface area contributed by atoms with Crippen molar-refractivity contribution in [3.05, 3.63) is 71.8 Å². The van der Waals surface area contributed by atoms with E-state index >= 15 is 0 Å². The quantitative estimate of drug-likeness (QED) is 0.788. The molecule has 2 aromatic rings. The molecule has 3 heteroatoms. The maximum absolute atomic E-state index is 6.20. The van der Waals surface area contributed by atoms with E-state index in [0.717, 1.165) is 0 Å². The molecule has 2 aromatic carbocycles. The lowest BCUT2D eigenvalue weighted by atomic mass is 9.87. The van der Waals surface area contributed by atoms with Gasteiger partial charge in [0.2, 0.25) is 0 Å². The molecule has 1 saturated heterocycles. The summed E-state index contributed by atoms with van der Waals surface area (Å²) in [6, 6.07) is 20.9. The van der Waals surface area contributed by atoms with Gasteiger partial charge < -0.3 is 9.47 Å². The number of rotatable bonds is 5. The Morgan fingerprint density at radius 3 is 2.14 bits per heavy atom. The van der Waals surface area contributed by atoms with Gasteiger partial charge in [0.15, 0.2) is 5.79 Å². The van der Waals surface area contributed by atoms with E-state index < -0.39 is 5.79 Å². The molecule has 3 rings (SSSR count). The first-order valence-electron chi connectivity index (χ1n) is 7.56. The average molecular weight is 295 g/mol. The molecule has 0 N–H and O–H groups in total. The van der Waals surface area contributed by atoms with E-state index in [4.69, 9.17) is 9.47 Å². The second-order valence-electron chi connectivity index (χ2n) is 5.78. The van der Waals surface area contributed by atoms with Gasteiger partial charge in [-0.2, -0.15) is 0 Å². The van der Waals surface area contributed by atoms with Gasteiger partial charge in [-0.3, -0.25) is 4.99 Å². The Bertz CT molecular complexity index is 574. The molecule has 0 aliphatic carbocycles. The molecular formula is C19H21NO2. The van der Waals surface area contributed by atoms with Crippen molar-refractivity contribution in [2.45, 2.75) is 24.7 Å². The molecule has 1 aliphatic rings. The van der Waals surface area contributed by atoms with Crippen LogP contribution in [-0.4, -0.2) is 31.8 Å². The van der Waals surface area contributed by atoms with Gasteiger partial charge in [-0.05, 0) is 24.8 Å². The number of aliphatic imine (C=N–C) groups is 1. The lowest BCUT2D eigenvalue weighted by molar-refractivity contribution is -0.146. The largest absolute Gasteiger partial charge is 0.346 e. The van der Waals surface area contributed by atoms with Crippen LogP contribution in [0, 0.1) is 0 Å². The molecule has 0 radical (unpaired) electrons. The van der Waals surface area contributed by atoms with Crippen molar-refractivity contribution in [3.63, 3.8) is 0 Å². The lowest BCUT2D eigenvalue weighted by Crippen LogP contribution is -2.32. The van der Waals surface area contributed by atoms with Crippen molar-refractivity contribution in [1.82, 2.24) is 0 Å². The summed E-state index contributed by atoms with van der Waals surface area (Å²) in [7, 11) is 0. The van der Waals surface area contributed by atoms with E-state index in [-0.39, 0.29) is 12.0 Å². The molecule has 2 atom stereocenters. The summed E-state index contributed by atoms with van der Waals surface area (Å²) in [5.74, 6) is -0.525. The van der Waals surface area contributed by atoms with Gasteiger partial charge in [-0.1, -0.05) is 60.7 Å². The molecule has 0 amide bonds. The molecule has 0 saturated carbocycles. The summed E-state index contributed by atoms with van der Waals surface area (Å²) in [5, 5.41) is 0. The fourth-order valence-electron chi connectivity index (χ4n) is 3.04. The molecule has 114 valence electrons. The van der Waals surface area contributed by atoms with Gasteiger partial charge in [-0.25, -0.2) is 0 Å². The average Bonchev–Trinajstić information content (AvgIpc) is 2.92. The zero-order valence-electron chi connectivity index (χ0n) is 12.8. The third-order valence-electron chi connectivity index (χ3n) is 4.04. The monoisotopic (exact) mass is 295 g/mol. The Labute approximate surface area is 131 Å². The number of ether oxygens (including phenoxy) is 2. The van der Waals surface area contributed by atoms with Crippen molar-refractivity contribution >= 4 is 6.72 Å². The van der Waals surface area contributed by atoms with Crippen LogP contribution in [-0.2, 0) is 9.47 Å². The highest BCUT2D eigenvalue weighted by atomic mass is 16.7. The van der Waals surface area contributed by atoms with Crippen LogP contribution in [0.2, 0.25) is 0 Å². The van der Waals surface area contributed by atoms with Crippen molar-refractivity contribution in [3.8, 4) is 0 Å². The number of nitrogens with zero attached hydrogens (tertiary/aromatic N) is 1. The summed E-state index contributed by atoms with van der Waals surface area (Å²) in [4.78, 5) is 3.93. The van der Waals surface area contributed by atoms with E-state index in [9.17, 15) is 0 Å². The molecule has 0 spiro atoms. The molecule has 22 heavy (non-hydrogen) atoms. The summed E-state index contributed by atoms with van der Waals surface area (Å²) >= 11 is 0. The Hall–Kier alpha value is -1.97. The van der Waals surface area contributed by atoms with Crippen LogP contribution in [0.1, 0.15) is 24.0 Å². The predicted octanol–water partition coefficient (Wildman–Crippen LogP) is 3.65.